The second kappa shape index (κ2) is 5.37. The highest BCUT2D eigenvalue weighted by atomic mass is 32.2. The molecule has 1 saturated carbocycles. The smallest absolute Gasteiger partial charge is 0.0388 e. The summed E-state index contributed by atoms with van der Waals surface area (Å²) in [4.78, 5) is 1.46. The van der Waals surface area contributed by atoms with Gasteiger partial charge in [0.25, 0.3) is 0 Å². The molecule has 1 aromatic rings. The summed E-state index contributed by atoms with van der Waals surface area (Å²) in [5, 5.41) is 6.79. The summed E-state index contributed by atoms with van der Waals surface area (Å²) < 4.78 is 0. The maximum atomic E-state index is 3.74. The lowest BCUT2D eigenvalue weighted by Gasteiger charge is -2.18. The van der Waals surface area contributed by atoms with Gasteiger partial charge in [-0.25, -0.2) is 0 Å². The minimum Gasteiger partial charge on any atom is -0.307 e. The van der Waals surface area contributed by atoms with E-state index >= 15 is 0 Å². The van der Waals surface area contributed by atoms with Crippen molar-refractivity contribution in [1.29, 1.82) is 0 Å². The topological polar surface area (TPSA) is 12.0 Å². The van der Waals surface area contributed by atoms with Crippen molar-refractivity contribution in [2.24, 2.45) is 0 Å². The van der Waals surface area contributed by atoms with E-state index in [0.29, 0.717) is 6.04 Å². The van der Waals surface area contributed by atoms with Gasteiger partial charge in [0.2, 0.25) is 0 Å². The van der Waals surface area contributed by atoms with Gasteiger partial charge in [-0.15, -0.1) is 11.3 Å². The molecule has 0 radical (unpaired) electrons. The van der Waals surface area contributed by atoms with Crippen LogP contribution in [0.2, 0.25) is 0 Å². The van der Waals surface area contributed by atoms with Crippen molar-refractivity contribution in [3.63, 3.8) is 0 Å². The summed E-state index contributed by atoms with van der Waals surface area (Å²) in [5.74, 6) is 0. The van der Waals surface area contributed by atoms with E-state index in [1.54, 1.807) is 0 Å². The Balaban J connectivity index is 1.83. The summed E-state index contributed by atoms with van der Waals surface area (Å²) in [6.45, 7) is 2.28. The molecule has 3 heteroatoms. The van der Waals surface area contributed by atoms with Crippen molar-refractivity contribution in [2.75, 3.05) is 6.26 Å². The van der Waals surface area contributed by atoms with Crippen molar-refractivity contribution in [2.45, 2.75) is 43.5 Å². The predicted octanol–water partition coefficient (Wildman–Crippen LogP) is 3.68. The lowest BCUT2D eigenvalue weighted by atomic mass is 10.2. The zero-order chi connectivity index (χ0) is 10.7. The number of thiophene rings is 1. The largest absolute Gasteiger partial charge is 0.307 e. The van der Waals surface area contributed by atoms with Crippen molar-refractivity contribution in [1.82, 2.24) is 5.32 Å². The van der Waals surface area contributed by atoms with Crippen LogP contribution < -0.4 is 5.32 Å². The highest BCUT2D eigenvalue weighted by molar-refractivity contribution is 7.99. The molecule has 84 valence electrons. The molecule has 1 heterocycles. The Kier molecular flexibility index (Phi) is 4.12. The number of hydrogen-bond donors (Lipinski definition) is 1. The Hall–Kier alpha value is 0.01000. The van der Waals surface area contributed by atoms with Crippen molar-refractivity contribution >= 4 is 23.1 Å². The van der Waals surface area contributed by atoms with E-state index in [-0.39, 0.29) is 0 Å². The van der Waals surface area contributed by atoms with Crippen LogP contribution in [0.15, 0.2) is 17.5 Å². The summed E-state index contributed by atoms with van der Waals surface area (Å²) in [5.41, 5.74) is 0. The number of thioether (sulfide) groups is 1. The predicted molar refractivity (Wildman–Crippen MR) is 70.8 cm³/mol. The standard InChI is InChI=1S/C12H19NS2/c1-9(12-4-3-7-15-12)13-10-5-6-11(8-10)14-2/h3-4,7,9-11,13H,5-6,8H2,1-2H3. The Morgan fingerprint density at radius 3 is 3.00 bits per heavy atom. The van der Waals surface area contributed by atoms with E-state index in [0.717, 1.165) is 11.3 Å². The lowest BCUT2D eigenvalue weighted by molar-refractivity contribution is 0.466. The van der Waals surface area contributed by atoms with E-state index in [9.17, 15) is 0 Å². The van der Waals surface area contributed by atoms with Crippen LogP contribution in [0, 0.1) is 0 Å². The third-order valence-electron chi connectivity index (χ3n) is 3.17. The molecule has 2 rings (SSSR count). The lowest BCUT2D eigenvalue weighted by Crippen LogP contribution is -2.29. The molecule has 15 heavy (non-hydrogen) atoms. The Labute approximate surface area is 101 Å². The van der Waals surface area contributed by atoms with Gasteiger partial charge in [-0.3, -0.25) is 0 Å². The number of nitrogens with one attached hydrogen (secondary N) is 1. The SMILES string of the molecule is CSC1CCC(NC(C)c2cccs2)C1. The average Bonchev–Trinajstić information content (AvgIpc) is 2.87. The van der Waals surface area contributed by atoms with Gasteiger partial charge in [0, 0.05) is 22.2 Å². The Morgan fingerprint density at radius 2 is 2.40 bits per heavy atom. The van der Waals surface area contributed by atoms with E-state index in [2.05, 4.69) is 36.0 Å². The van der Waals surface area contributed by atoms with Gasteiger partial charge >= 0.3 is 0 Å². The van der Waals surface area contributed by atoms with Crippen LogP contribution in [0.4, 0.5) is 0 Å². The summed E-state index contributed by atoms with van der Waals surface area (Å²) in [6, 6.07) is 5.62. The van der Waals surface area contributed by atoms with E-state index in [1.807, 2.05) is 23.1 Å². The van der Waals surface area contributed by atoms with Gasteiger partial charge in [-0.05, 0) is 43.9 Å². The van der Waals surface area contributed by atoms with E-state index in [4.69, 9.17) is 0 Å². The average molecular weight is 241 g/mol. The quantitative estimate of drug-likeness (QED) is 0.863. The molecule has 0 spiro atoms. The van der Waals surface area contributed by atoms with Crippen LogP contribution in [0.25, 0.3) is 0 Å². The molecule has 1 nitrogen and oxygen atoms in total. The molecule has 3 unspecified atom stereocenters. The molecule has 0 aliphatic heterocycles. The van der Waals surface area contributed by atoms with E-state index < -0.39 is 0 Å². The fourth-order valence-corrected chi connectivity index (χ4v) is 3.82. The first-order valence-electron chi connectivity index (χ1n) is 5.62. The molecule has 1 aliphatic carbocycles. The van der Waals surface area contributed by atoms with Gasteiger partial charge < -0.3 is 5.32 Å². The Morgan fingerprint density at radius 1 is 1.53 bits per heavy atom. The molecule has 1 aromatic heterocycles. The first-order valence-corrected chi connectivity index (χ1v) is 7.78. The first kappa shape index (κ1) is 11.5. The molecule has 1 fully saturated rings. The van der Waals surface area contributed by atoms with Crippen LogP contribution in [0.3, 0.4) is 0 Å². The van der Waals surface area contributed by atoms with Crippen molar-refractivity contribution in [3.8, 4) is 0 Å². The number of hydrogen-bond acceptors (Lipinski definition) is 3. The van der Waals surface area contributed by atoms with Crippen LogP contribution in [0.1, 0.15) is 37.1 Å². The van der Waals surface area contributed by atoms with Gasteiger partial charge in [-0.2, -0.15) is 11.8 Å². The summed E-state index contributed by atoms with van der Waals surface area (Å²) in [6.07, 6.45) is 6.31. The van der Waals surface area contributed by atoms with Crippen molar-refractivity contribution < 1.29 is 0 Å². The third-order valence-corrected chi connectivity index (χ3v) is 5.32. The summed E-state index contributed by atoms with van der Waals surface area (Å²) in [7, 11) is 0. The highest BCUT2D eigenvalue weighted by Gasteiger charge is 2.25. The second-order valence-electron chi connectivity index (χ2n) is 4.27. The molecule has 0 saturated heterocycles. The Bertz CT molecular complexity index is 284. The van der Waals surface area contributed by atoms with Gasteiger partial charge in [0.05, 0.1) is 0 Å². The van der Waals surface area contributed by atoms with Crippen LogP contribution in [-0.4, -0.2) is 17.5 Å². The maximum absolute atomic E-state index is 3.74. The number of rotatable bonds is 4. The fraction of sp³-hybridized carbons (Fsp3) is 0.667. The third kappa shape index (κ3) is 2.99. The van der Waals surface area contributed by atoms with E-state index in [1.165, 1.54) is 24.1 Å². The zero-order valence-electron chi connectivity index (χ0n) is 9.40. The molecule has 1 N–H and O–H groups in total. The molecular weight excluding hydrogens is 222 g/mol. The second-order valence-corrected chi connectivity index (χ2v) is 6.39. The molecule has 3 atom stereocenters. The highest BCUT2D eigenvalue weighted by Crippen LogP contribution is 2.30. The monoisotopic (exact) mass is 241 g/mol. The molecule has 0 aromatic carbocycles. The maximum Gasteiger partial charge on any atom is 0.0388 e. The normalized spacial score (nSPS) is 28.1. The molecule has 0 amide bonds. The zero-order valence-corrected chi connectivity index (χ0v) is 11.0. The molecule has 1 aliphatic rings. The molecular formula is C12H19NS2. The van der Waals surface area contributed by atoms with Crippen LogP contribution >= 0.6 is 23.1 Å². The van der Waals surface area contributed by atoms with Gasteiger partial charge in [0.15, 0.2) is 0 Å². The van der Waals surface area contributed by atoms with Gasteiger partial charge in [-0.1, -0.05) is 6.07 Å². The molecule has 0 bridgehead atoms. The minimum atomic E-state index is 0.524. The van der Waals surface area contributed by atoms with Crippen molar-refractivity contribution in [3.05, 3.63) is 22.4 Å². The van der Waals surface area contributed by atoms with Crippen LogP contribution in [0.5, 0.6) is 0 Å². The minimum absolute atomic E-state index is 0.524. The summed E-state index contributed by atoms with van der Waals surface area (Å²) >= 11 is 3.88. The fourth-order valence-electron chi connectivity index (χ4n) is 2.28. The first-order chi connectivity index (χ1) is 7.29. The van der Waals surface area contributed by atoms with Crippen LogP contribution in [-0.2, 0) is 0 Å². The van der Waals surface area contributed by atoms with Gasteiger partial charge in [0.1, 0.15) is 0 Å².